The van der Waals surface area contributed by atoms with Gasteiger partial charge in [-0.15, -0.1) is 5.06 Å². The van der Waals surface area contributed by atoms with Gasteiger partial charge in [0.2, 0.25) is 5.91 Å². The molecule has 10 heteroatoms. The Balaban J connectivity index is 1.89. The fourth-order valence-electron chi connectivity index (χ4n) is 3.30. The molecule has 2 rings (SSSR count). The minimum atomic E-state index is -0.747. The van der Waals surface area contributed by atoms with Crippen molar-refractivity contribution in [2.75, 3.05) is 13.1 Å². The van der Waals surface area contributed by atoms with E-state index in [0.717, 1.165) is 0 Å². The standard InChI is InChI=1S/C20H31N3O7/c1-12(2)16(21-19(28)29-20(3,4)5)17(26)22-10-8-13(9-11-22)18(27)30-23-14(24)6-7-15(23)25/h12-13,16H,6-11H2,1-5H3,(H,21,28). The molecule has 1 atom stereocenters. The van der Waals surface area contributed by atoms with Gasteiger partial charge in [0.25, 0.3) is 11.8 Å². The summed E-state index contributed by atoms with van der Waals surface area (Å²) in [6.45, 7) is 9.49. The monoisotopic (exact) mass is 425 g/mol. The predicted molar refractivity (Wildman–Crippen MR) is 104 cm³/mol. The quantitative estimate of drug-likeness (QED) is 0.660. The zero-order valence-electron chi connectivity index (χ0n) is 18.2. The van der Waals surface area contributed by atoms with Crippen LogP contribution in [-0.2, 0) is 28.8 Å². The number of alkyl carbamates (subject to hydrolysis) is 1. The number of nitrogens with zero attached hydrogens (tertiary/aromatic N) is 2. The lowest BCUT2D eigenvalue weighted by molar-refractivity contribution is -0.201. The van der Waals surface area contributed by atoms with Crippen molar-refractivity contribution >= 4 is 29.8 Å². The second kappa shape index (κ2) is 9.44. The predicted octanol–water partition coefficient (Wildman–Crippen LogP) is 1.38. The van der Waals surface area contributed by atoms with E-state index in [1.165, 1.54) is 0 Å². The van der Waals surface area contributed by atoms with Crippen molar-refractivity contribution in [1.29, 1.82) is 0 Å². The number of piperidine rings is 1. The van der Waals surface area contributed by atoms with Crippen LogP contribution in [0.1, 0.15) is 60.3 Å². The van der Waals surface area contributed by atoms with Gasteiger partial charge < -0.3 is 19.8 Å². The highest BCUT2D eigenvalue weighted by Gasteiger charge is 2.38. The third kappa shape index (κ3) is 6.17. The fourth-order valence-corrected chi connectivity index (χ4v) is 3.30. The second-order valence-corrected chi connectivity index (χ2v) is 8.96. The van der Waals surface area contributed by atoms with Crippen LogP contribution in [0.15, 0.2) is 0 Å². The van der Waals surface area contributed by atoms with Gasteiger partial charge in [0.15, 0.2) is 0 Å². The average molecular weight is 425 g/mol. The lowest BCUT2D eigenvalue weighted by Crippen LogP contribution is -2.54. The number of hydrogen-bond donors (Lipinski definition) is 1. The van der Waals surface area contributed by atoms with E-state index in [1.54, 1.807) is 25.7 Å². The lowest BCUT2D eigenvalue weighted by atomic mass is 9.95. The van der Waals surface area contributed by atoms with E-state index in [9.17, 15) is 24.0 Å². The largest absolute Gasteiger partial charge is 0.444 e. The minimum Gasteiger partial charge on any atom is -0.444 e. The van der Waals surface area contributed by atoms with Crippen molar-refractivity contribution in [2.45, 2.75) is 71.9 Å². The van der Waals surface area contributed by atoms with Gasteiger partial charge in [-0.3, -0.25) is 14.4 Å². The minimum absolute atomic E-state index is 0.0420. The first-order valence-electron chi connectivity index (χ1n) is 10.2. The fraction of sp³-hybridized carbons (Fsp3) is 0.750. The van der Waals surface area contributed by atoms with E-state index in [2.05, 4.69) is 5.32 Å². The van der Waals surface area contributed by atoms with Gasteiger partial charge in [0.05, 0.1) is 5.92 Å². The van der Waals surface area contributed by atoms with Crippen molar-refractivity contribution in [3.8, 4) is 0 Å². The molecule has 10 nitrogen and oxygen atoms in total. The van der Waals surface area contributed by atoms with Crippen molar-refractivity contribution in [3.63, 3.8) is 0 Å². The van der Waals surface area contributed by atoms with Gasteiger partial charge >= 0.3 is 12.1 Å². The number of hydrogen-bond acceptors (Lipinski definition) is 7. The molecule has 1 N–H and O–H groups in total. The highest BCUT2D eigenvalue weighted by atomic mass is 16.7. The van der Waals surface area contributed by atoms with Crippen LogP contribution in [0.25, 0.3) is 0 Å². The number of hydroxylamine groups is 2. The third-order valence-corrected chi connectivity index (χ3v) is 4.93. The number of carbonyl (C=O) groups is 5. The van der Waals surface area contributed by atoms with Crippen molar-refractivity contribution in [2.24, 2.45) is 11.8 Å². The number of rotatable bonds is 5. The van der Waals surface area contributed by atoms with Crippen LogP contribution in [0.3, 0.4) is 0 Å². The van der Waals surface area contributed by atoms with E-state index >= 15 is 0 Å². The average Bonchev–Trinajstić information content (AvgIpc) is 2.96. The van der Waals surface area contributed by atoms with Gasteiger partial charge in [0, 0.05) is 25.9 Å². The molecule has 4 amide bonds. The molecule has 0 bridgehead atoms. The first kappa shape index (κ1) is 23.6. The molecule has 168 valence electrons. The van der Waals surface area contributed by atoms with Crippen LogP contribution in [0, 0.1) is 11.8 Å². The highest BCUT2D eigenvalue weighted by Crippen LogP contribution is 2.22. The van der Waals surface area contributed by atoms with Crippen LogP contribution in [0.2, 0.25) is 0 Å². The van der Waals surface area contributed by atoms with E-state index in [-0.39, 0.29) is 24.7 Å². The summed E-state index contributed by atoms with van der Waals surface area (Å²) in [5.74, 6) is -2.58. The van der Waals surface area contributed by atoms with Gasteiger partial charge in [-0.2, -0.15) is 0 Å². The van der Waals surface area contributed by atoms with Gasteiger partial charge in [-0.1, -0.05) is 13.8 Å². The van der Waals surface area contributed by atoms with Crippen LogP contribution >= 0.6 is 0 Å². The molecule has 0 spiro atoms. The summed E-state index contributed by atoms with van der Waals surface area (Å²) in [5, 5.41) is 3.18. The normalized spacial score (nSPS) is 19.1. The zero-order valence-corrected chi connectivity index (χ0v) is 18.2. The summed E-state index contributed by atoms with van der Waals surface area (Å²) < 4.78 is 5.24. The second-order valence-electron chi connectivity index (χ2n) is 8.96. The molecule has 2 fully saturated rings. The van der Waals surface area contributed by atoms with Crippen molar-refractivity contribution < 1.29 is 33.5 Å². The Morgan fingerprint density at radius 1 is 1.03 bits per heavy atom. The van der Waals surface area contributed by atoms with Gasteiger partial charge in [-0.25, -0.2) is 9.59 Å². The summed E-state index contributed by atoms with van der Waals surface area (Å²) >= 11 is 0. The van der Waals surface area contributed by atoms with Crippen molar-refractivity contribution in [1.82, 2.24) is 15.3 Å². The summed E-state index contributed by atoms with van der Waals surface area (Å²) in [7, 11) is 0. The van der Waals surface area contributed by atoms with E-state index in [1.807, 2.05) is 13.8 Å². The molecule has 30 heavy (non-hydrogen) atoms. The number of likely N-dealkylation sites (tertiary alicyclic amines) is 1. The molecule has 0 aromatic rings. The van der Waals surface area contributed by atoms with E-state index < -0.39 is 41.4 Å². The summed E-state index contributed by atoms with van der Waals surface area (Å²) in [5.41, 5.74) is -0.675. The van der Waals surface area contributed by atoms with Crippen LogP contribution in [-0.4, -0.2) is 64.5 Å². The number of imide groups is 1. The lowest BCUT2D eigenvalue weighted by Gasteiger charge is -2.35. The first-order valence-corrected chi connectivity index (χ1v) is 10.2. The molecular weight excluding hydrogens is 394 g/mol. The maximum absolute atomic E-state index is 12.9. The van der Waals surface area contributed by atoms with Crippen LogP contribution in [0.4, 0.5) is 4.79 Å². The molecule has 2 aliphatic heterocycles. The Morgan fingerprint density at radius 3 is 2.03 bits per heavy atom. The number of nitrogens with one attached hydrogen (secondary N) is 1. The summed E-state index contributed by atoms with van der Waals surface area (Å²) in [6, 6.07) is -0.747. The Labute approximate surface area is 176 Å². The van der Waals surface area contributed by atoms with E-state index in [0.29, 0.717) is 31.0 Å². The van der Waals surface area contributed by atoms with Gasteiger partial charge in [0.1, 0.15) is 11.6 Å². The molecule has 2 aliphatic rings. The molecule has 0 aromatic carbocycles. The van der Waals surface area contributed by atoms with Crippen molar-refractivity contribution in [3.05, 3.63) is 0 Å². The Bertz CT molecular complexity index is 690. The molecule has 2 heterocycles. The Hall–Kier alpha value is -2.65. The first-order chi connectivity index (χ1) is 13.9. The zero-order chi connectivity index (χ0) is 22.6. The molecule has 1 unspecified atom stereocenters. The smallest absolute Gasteiger partial charge is 0.408 e. The van der Waals surface area contributed by atoms with Crippen LogP contribution in [0.5, 0.6) is 0 Å². The Kier molecular flexibility index (Phi) is 7.44. The molecule has 0 aliphatic carbocycles. The maximum Gasteiger partial charge on any atom is 0.408 e. The SMILES string of the molecule is CC(C)C(NC(=O)OC(C)(C)C)C(=O)N1CCC(C(=O)ON2C(=O)CCC2=O)CC1. The number of carbonyl (C=O) groups excluding carboxylic acids is 5. The number of ether oxygens (including phenoxy) is 1. The molecule has 0 saturated carbocycles. The number of amides is 4. The van der Waals surface area contributed by atoms with Crippen LogP contribution < -0.4 is 5.32 Å². The molecular formula is C20H31N3O7. The van der Waals surface area contributed by atoms with Gasteiger partial charge in [-0.05, 0) is 39.5 Å². The topological polar surface area (TPSA) is 122 Å². The maximum atomic E-state index is 12.9. The molecule has 0 aromatic heterocycles. The third-order valence-electron chi connectivity index (χ3n) is 4.93. The summed E-state index contributed by atoms with van der Waals surface area (Å²) in [4.78, 5) is 67.1. The highest BCUT2D eigenvalue weighted by molar-refractivity contribution is 6.01. The molecule has 0 radical (unpaired) electrons. The Morgan fingerprint density at radius 2 is 1.57 bits per heavy atom. The van der Waals surface area contributed by atoms with E-state index in [4.69, 9.17) is 9.57 Å². The summed E-state index contributed by atoms with van der Waals surface area (Å²) in [6.07, 6.45) is 0.115. The molecule has 2 saturated heterocycles.